The van der Waals surface area contributed by atoms with Crippen LogP contribution in [-0.4, -0.2) is 17.6 Å². The molecule has 0 bridgehead atoms. The summed E-state index contributed by atoms with van der Waals surface area (Å²) >= 11 is 5.42. The van der Waals surface area contributed by atoms with Crippen molar-refractivity contribution in [2.75, 3.05) is 6.54 Å². The maximum absolute atomic E-state index is 5.42. The van der Waals surface area contributed by atoms with Gasteiger partial charge in [-0.15, -0.1) is 12.4 Å². The first kappa shape index (κ1) is 14.4. The van der Waals surface area contributed by atoms with Gasteiger partial charge >= 0.3 is 0 Å². The molecular weight excluding hydrogens is 252 g/mol. The van der Waals surface area contributed by atoms with E-state index in [4.69, 9.17) is 12.2 Å². The molecule has 0 radical (unpaired) electrons. The number of rotatable bonds is 3. The van der Waals surface area contributed by atoms with Crippen LogP contribution in [0.25, 0.3) is 0 Å². The van der Waals surface area contributed by atoms with Gasteiger partial charge < -0.3 is 10.6 Å². The summed E-state index contributed by atoms with van der Waals surface area (Å²) < 4.78 is 0. The van der Waals surface area contributed by atoms with Gasteiger partial charge in [-0.3, -0.25) is 0 Å². The minimum absolute atomic E-state index is 0. The van der Waals surface area contributed by atoms with Gasteiger partial charge in [-0.25, -0.2) is 0 Å². The molecule has 0 spiro atoms. The third kappa shape index (κ3) is 3.95. The molecule has 1 aromatic rings. The average molecular weight is 271 g/mol. The van der Waals surface area contributed by atoms with Crippen LogP contribution < -0.4 is 10.6 Å². The van der Waals surface area contributed by atoms with Crippen LogP contribution in [0, 0.1) is 0 Å². The van der Waals surface area contributed by atoms with Crippen LogP contribution in [-0.2, 0) is 0 Å². The Labute approximate surface area is 115 Å². The second-order valence-electron chi connectivity index (χ2n) is 4.29. The Morgan fingerprint density at radius 1 is 1.41 bits per heavy atom. The van der Waals surface area contributed by atoms with E-state index in [0.717, 1.165) is 18.0 Å². The zero-order chi connectivity index (χ0) is 11.4. The van der Waals surface area contributed by atoms with Crippen LogP contribution >= 0.6 is 24.6 Å². The molecule has 0 saturated carbocycles. The Morgan fingerprint density at radius 2 is 2.12 bits per heavy atom. The average Bonchev–Trinajstić information content (AvgIpc) is 2.83. The number of benzene rings is 1. The summed E-state index contributed by atoms with van der Waals surface area (Å²) in [5.74, 6) is 0. The first-order chi connectivity index (χ1) is 7.77. The third-order valence-corrected chi connectivity index (χ3v) is 3.44. The highest BCUT2D eigenvalue weighted by Crippen LogP contribution is 2.13. The van der Waals surface area contributed by atoms with Gasteiger partial charge in [0.25, 0.3) is 0 Å². The summed E-state index contributed by atoms with van der Waals surface area (Å²) in [5, 5.41) is 6.82. The minimum Gasteiger partial charge on any atom is -0.372 e. The topological polar surface area (TPSA) is 24.1 Å². The highest BCUT2D eigenvalue weighted by Gasteiger charge is 2.19. The predicted molar refractivity (Wildman–Crippen MR) is 78.9 cm³/mol. The summed E-state index contributed by atoms with van der Waals surface area (Å²) in [5.41, 5.74) is 1.28. The fourth-order valence-electron chi connectivity index (χ4n) is 2.05. The first-order valence-electron chi connectivity index (χ1n) is 5.86. The summed E-state index contributed by atoms with van der Waals surface area (Å²) in [6.07, 6.45) is 2.39. The lowest BCUT2D eigenvalue weighted by Crippen LogP contribution is -2.40. The van der Waals surface area contributed by atoms with Gasteiger partial charge in [0.1, 0.15) is 0 Å². The van der Waals surface area contributed by atoms with Gasteiger partial charge in [0, 0.05) is 6.04 Å². The molecule has 1 heterocycles. The second-order valence-corrected chi connectivity index (χ2v) is 4.73. The molecule has 1 aromatic carbocycles. The fourth-order valence-corrected chi connectivity index (χ4v) is 2.43. The van der Waals surface area contributed by atoms with Crippen molar-refractivity contribution in [1.82, 2.24) is 10.6 Å². The van der Waals surface area contributed by atoms with Crippen LogP contribution in [0.5, 0.6) is 0 Å². The van der Waals surface area contributed by atoms with Crippen LogP contribution in [0.4, 0.5) is 0 Å². The lowest BCUT2D eigenvalue weighted by Gasteiger charge is -2.20. The van der Waals surface area contributed by atoms with Crippen molar-refractivity contribution in [3.8, 4) is 0 Å². The Balaban J connectivity index is 0.00000144. The summed E-state index contributed by atoms with van der Waals surface area (Å²) in [6.45, 7) is 3.24. The van der Waals surface area contributed by atoms with Gasteiger partial charge in [0.05, 0.1) is 11.0 Å². The van der Waals surface area contributed by atoms with Crippen molar-refractivity contribution in [3.05, 3.63) is 35.9 Å². The van der Waals surface area contributed by atoms with Crippen molar-refractivity contribution < 1.29 is 0 Å². The maximum Gasteiger partial charge on any atom is 0.0930 e. The molecule has 2 atom stereocenters. The lowest BCUT2D eigenvalue weighted by atomic mass is 10.1. The van der Waals surface area contributed by atoms with Crippen LogP contribution in [0.2, 0.25) is 0 Å². The molecule has 0 aromatic heterocycles. The molecule has 17 heavy (non-hydrogen) atoms. The number of halogens is 1. The third-order valence-electron chi connectivity index (χ3n) is 3.04. The molecule has 1 saturated heterocycles. The quantitative estimate of drug-likeness (QED) is 0.826. The standard InChI is InChI=1S/C13H18N2S.ClH/c1-10(11-6-3-2-4-7-11)15-13(16)12-8-5-9-14-12;/h2-4,6-7,10,12,14H,5,8-9H2,1H3,(H,15,16);1H/t10-,12+;/m1./s1. The molecule has 94 valence electrons. The van der Waals surface area contributed by atoms with Gasteiger partial charge in [-0.05, 0) is 31.9 Å². The van der Waals surface area contributed by atoms with E-state index in [1.807, 2.05) is 6.07 Å². The number of thiocarbonyl (C=S) groups is 1. The maximum atomic E-state index is 5.42. The van der Waals surface area contributed by atoms with E-state index in [2.05, 4.69) is 41.8 Å². The SMILES string of the molecule is C[C@@H](NC(=S)[C@@H]1CCCN1)c1ccccc1.Cl. The van der Waals surface area contributed by atoms with Crippen LogP contribution in [0.1, 0.15) is 31.4 Å². The molecule has 1 aliphatic heterocycles. The highest BCUT2D eigenvalue weighted by atomic mass is 35.5. The molecular formula is C13H19ClN2S. The Morgan fingerprint density at radius 3 is 2.71 bits per heavy atom. The molecule has 2 N–H and O–H groups in total. The molecule has 2 rings (SSSR count). The van der Waals surface area contributed by atoms with E-state index < -0.39 is 0 Å². The molecule has 0 unspecified atom stereocenters. The zero-order valence-electron chi connectivity index (χ0n) is 9.98. The smallest absolute Gasteiger partial charge is 0.0930 e. The summed E-state index contributed by atoms with van der Waals surface area (Å²) in [6, 6.07) is 11.1. The van der Waals surface area contributed by atoms with E-state index in [0.29, 0.717) is 6.04 Å². The number of hydrogen-bond donors (Lipinski definition) is 2. The van der Waals surface area contributed by atoms with Crippen LogP contribution in [0.15, 0.2) is 30.3 Å². The van der Waals surface area contributed by atoms with E-state index in [-0.39, 0.29) is 18.4 Å². The van der Waals surface area contributed by atoms with Crippen molar-refractivity contribution in [3.63, 3.8) is 0 Å². The van der Waals surface area contributed by atoms with Gasteiger partial charge in [-0.2, -0.15) is 0 Å². The Kier molecular flexibility index (Phi) is 5.89. The fraction of sp³-hybridized carbons (Fsp3) is 0.462. The predicted octanol–water partition coefficient (Wildman–Crippen LogP) is 2.84. The lowest BCUT2D eigenvalue weighted by molar-refractivity contribution is 0.672. The molecule has 1 fully saturated rings. The van der Waals surface area contributed by atoms with E-state index in [1.165, 1.54) is 12.0 Å². The largest absolute Gasteiger partial charge is 0.372 e. The molecule has 0 amide bonds. The minimum atomic E-state index is 0. The molecule has 4 heteroatoms. The van der Waals surface area contributed by atoms with Crippen LogP contribution in [0.3, 0.4) is 0 Å². The van der Waals surface area contributed by atoms with Gasteiger partial charge in [0.15, 0.2) is 0 Å². The second kappa shape index (κ2) is 6.94. The van der Waals surface area contributed by atoms with Crippen molar-refractivity contribution in [1.29, 1.82) is 0 Å². The zero-order valence-corrected chi connectivity index (χ0v) is 11.6. The highest BCUT2D eigenvalue weighted by molar-refractivity contribution is 7.80. The Hall–Kier alpha value is -0.640. The number of nitrogens with one attached hydrogen (secondary N) is 2. The van der Waals surface area contributed by atoms with E-state index in [9.17, 15) is 0 Å². The molecule has 2 nitrogen and oxygen atoms in total. The summed E-state index contributed by atoms with van der Waals surface area (Å²) in [4.78, 5) is 0.953. The first-order valence-corrected chi connectivity index (χ1v) is 6.27. The van der Waals surface area contributed by atoms with E-state index in [1.54, 1.807) is 0 Å². The van der Waals surface area contributed by atoms with Gasteiger partial charge in [0.2, 0.25) is 0 Å². The van der Waals surface area contributed by atoms with Crippen molar-refractivity contribution >= 4 is 29.6 Å². The van der Waals surface area contributed by atoms with E-state index >= 15 is 0 Å². The molecule has 0 aliphatic carbocycles. The molecule has 1 aliphatic rings. The van der Waals surface area contributed by atoms with Crippen molar-refractivity contribution in [2.24, 2.45) is 0 Å². The van der Waals surface area contributed by atoms with Gasteiger partial charge in [-0.1, -0.05) is 42.5 Å². The number of hydrogen-bond acceptors (Lipinski definition) is 2. The summed E-state index contributed by atoms with van der Waals surface area (Å²) in [7, 11) is 0. The van der Waals surface area contributed by atoms with Crippen molar-refractivity contribution in [2.45, 2.75) is 31.8 Å². The monoisotopic (exact) mass is 270 g/mol. The Bertz CT molecular complexity index is 350. The normalized spacial score (nSPS) is 20.4.